The van der Waals surface area contributed by atoms with Crippen LogP contribution in [0.5, 0.6) is 11.5 Å². The smallest absolute Gasteiger partial charge is 0.335 e. The summed E-state index contributed by atoms with van der Waals surface area (Å²) in [6.45, 7) is 6.63. The lowest BCUT2D eigenvalue weighted by Gasteiger charge is -2.28. The van der Waals surface area contributed by atoms with Crippen LogP contribution in [0.15, 0.2) is 36.4 Å². The number of methoxy groups -OCH3 is 1. The van der Waals surface area contributed by atoms with Crippen molar-refractivity contribution in [2.45, 2.75) is 33.2 Å². The van der Waals surface area contributed by atoms with Gasteiger partial charge in [0.1, 0.15) is 6.07 Å². The van der Waals surface area contributed by atoms with E-state index < -0.39 is 5.97 Å². The zero-order chi connectivity index (χ0) is 22.3. The van der Waals surface area contributed by atoms with Gasteiger partial charge in [-0.15, -0.1) is 0 Å². The second-order valence-corrected chi connectivity index (χ2v) is 7.69. The number of carboxylic acid groups (broad SMARTS) is 1. The highest BCUT2D eigenvalue weighted by molar-refractivity contribution is 5.90. The van der Waals surface area contributed by atoms with Gasteiger partial charge in [0, 0.05) is 22.9 Å². The number of benzene rings is 2. The molecule has 3 aromatic rings. The summed E-state index contributed by atoms with van der Waals surface area (Å²) in [5.74, 6) is 0.368. The van der Waals surface area contributed by atoms with Gasteiger partial charge < -0.3 is 19.1 Å². The van der Waals surface area contributed by atoms with E-state index in [-0.39, 0.29) is 11.6 Å². The summed E-state index contributed by atoms with van der Waals surface area (Å²) in [5.41, 5.74) is 6.40. The fraction of sp³-hybridized carbons (Fsp3) is 0.280. The van der Waals surface area contributed by atoms with Crippen molar-refractivity contribution in [3.8, 4) is 40.0 Å². The van der Waals surface area contributed by atoms with Gasteiger partial charge in [-0.2, -0.15) is 5.26 Å². The number of nitrogens with zero attached hydrogens (tertiary/aromatic N) is 2. The number of aromatic carboxylic acids is 1. The first-order valence-corrected chi connectivity index (χ1v) is 10.2. The van der Waals surface area contributed by atoms with Crippen molar-refractivity contribution in [1.29, 1.82) is 5.26 Å². The van der Waals surface area contributed by atoms with Crippen LogP contribution in [0.25, 0.3) is 22.4 Å². The van der Waals surface area contributed by atoms with Gasteiger partial charge >= 0.3 is 5.97 Å². The third kappa shape index (κ3) is 3.23. The number of hydrogen-bond donors (Lipinski definition) is 1. The van der Waals surface area contributed by atoms with Crippen LogP contribution in [-0.4, -0.2) is 29.4 Å². The van der Waals surface area contributed by atoms with Crippen molar-refractivity contribution in [3.63, 3.8) is 0 Å². The predicted octanol–water partition coefficient (Wildman–Crippen LogP) is 5.22. The zero-order valence-corrected chi connectivity index (χ0v) is 18.0. The second-order valence-electron chi connectivity index (χ2n) is 7.69. The molecule has 1 N–H and O–H groups in total. The van der Waals surface area contributed by atoms with Crippen LogP contribution in [0.3, 0.4) is 0 Å². The molecule has 0 aliphatic carbocycles. The van der Waals surface area contributed by atoms with Crippen LogP contribution in [-0.2, 0) is 6.42 Å². The maximum atomic E-state index is 11.2. The molecule has 2 aromatic carbocycles. The molecule has 1 unspecified atom stereocenters. The maximum absolute atomic E-state index is 11.2. The number of carbonyl (C=O) groups is 1. The monoisotopic (exact) mass is 416 g/mol. The highest BCUT2D eigenvalue weighted by Gasteiger charge is 2.31. The third-order valence-electron chi connectivity index (χ3n) is 5.88. The predicted molar refractivity (Wildman–Crippen MR) is 118 cm³/mol. The SMILES string of the molecule is CCOc1cc2c(cc1OC)-c1c(C#N)c(-c3ccc(C(=O)O)cc3)c(C)n1C(C)C2. The Hall–Kier alpha value is -3.72. The lowest BCUT2D eigenvalue weighted by molar-refractivity contribution is 0.0697. The lowest BCUT2D eigenvalue weighted by atomic mass is 9.91. The van der Waals surface area contributed by atoms with Gasteiger partial charge in [0.15, 0.2) is 11.5 Å². The highest BCUT2D eigenvalue weighted by Crippen LogP contribution is 2.47. The third-order valence-corrected chi connectivity index (χ3v) is 5.88. The second kappa shape index (κ2) is 7.84. The van der Waals surface area contributed by atoms with E-state index in [2.05, 4.69) is 17.6 Å². The minimum absolute atomic E-state index is 0.157. The molecule has 158 valence electrons. The summed E-state index contributed by atoms with van der Waals surface area (Å²) in [6, 6.07) is 13.2. The molecule has 6 nitrogen and oxygen atoms in total. The molecule has 0 amide bonds. The average Bonchev–Trinajstić information content (AvgIpc) is 3.06. The summed E-state index contributed by atoms with van der Waals surface area (Å²) in [6.07, 6.45) is 0.810. The molecule has 1 aliphatic heterocycles. The van der Waals surface area contributed by atoms with E-state index in [0.29, 0.717) is 23.7 Å². The van der Waals surface area contributed by atoms with Crippen LogP contribution < -0.4 is 9.47 Å². The minimum atomic E-state index is -0.972. The number of rotatable bonds is 5. The number of aromatic nitrogens is 1. The summed E-state index contributed by atoms with van der Waals surface area (Å²) >= 11 is 0. The Balaban J connectivity index is 1.97. The molecule has 0 radical (unpaired) electrons. The molecule has 1 atom stereocenters. The first-order chi connectivity index (χ1) is 14.9. The molecule has 6 heteroatoms. The Labute approximate surface area is 181 Å². The Morgan fingerprint density at radius 1 is 1.26 bits per heavy atom. The molecule has 0 fully saturated rings. The van der Waals surface area contributed by atoms with Crippen molar-refractivity contribution >= 4 is 5.97 Å². The zero-order valence-electron chi connectivity index (χ0n) is 18.0. The van der Waals surface area contributed by atoms with Crippen molar-refractivity contribution in [1.82, 2.24) is 4.57 Å². The van der Waals surface area contributed by atoms with Gasteiger partial charge in [0.2, 0.25) is 0 Å². The number of nitriles is 1. The molecule has 4 rings (SSSR count). The van der Waals surface area contributed by atoms with E-state index in [0.717, 1.165) is 40.1 Å². The van der Waals surface area contributed by atoms with Crippen molar-refractivity contribution in [2.75, 3.05) is 13.7 Å². The summed E-state index contributed by atoms with van der Waals surface area (Å²) in [7, 11) is 1.61. The molecule has 1 aromatic heterocycles. The quantitative estimate of drug-likeness (QED) is 0.616. The fourth-order valence-electron chi connectivity index (χ4n) is 4.59. The molecule has 0 bridgehead atoms. The lowest BCUT2D eigenvalue weighted by Crippen LogP contribution is -2.17. The summed E-state index contributed by atoms with van der Waals surface area (Å²) in [5, 5.41) is 19.4. The van der Waals surface area contributed by atoms with Crippen molar-refractivity contribution in [3.05, 3.63) is 58.8 Å². The van der Waals surface area contributed by atoms with Gasteiger partial charge in [-0.25, -0.2) is 4.79 Å². The molecule has 1 aliphatic rings. The van der Waals surface area contributed by atoms with Gasteiger partial charge in [-0.3, -0.25) is 0 Å². The molecule has 0 saturated heterocycles. The topological polar surface area (TPSA) is 84.5 Å². The average molecular weight is 416 g/mol. The standard InChI is InChI=1S/C25H24N2O4/c1-5-31-22-11-18-10-14(2)27-15(3)23(16-6-8-17(9-7-16)25(28)29)20(13-26)24(27)19(18)12-21(22)30-4/h6-9,11-12,14H,5,10H2,1-4H3,(H,28,29). The maximum Gasteiger partial charge on any atom is 0.335 e. The number of fused-ring (bicyclic) bond motifs is 3. The fourth-order valence-corrected chi connectivity index (χ4v) is 4.59. The summed E-state index contributed by atoms with van der Waals surface area (Å²) in [4.78, 5) is 11.2. The Kier molecular flexibility index (Phi) is 5.20. The molecular formula is C25H24N2O4. The van der Waals surface area contributed by atoms with E-state index in [9.17, 15) is 15.2 Å². The number of ether oxygens (including phenoxy) is 2. The van der Waals surface area contributed by atoms with Gasteiger partial charge in [0.05, 0.1) is 30.5 Å². The first-order valence-electron chi connectivity index (χ1n) is 10.2. The molecule has 0 saturated carbocycles. The van der Waals surface area contributed by atoms with E-state index >= 15 is 0 Å². The summed E-state index contributed by atoms with van der Waals surface area (Å²) < 4.78 is 13.5. The molecule has 2 heterocycles. The van der Waals surface area contributed by atoms with E-state index in [4.69, 9.17) is 9.47 Å². The van der Waals surface area contributed by atoms with Gasteiger partial charge in [0.25, 0.3) is 0 Å². The van der Waals surface area contributed by atoms with Crippen LogP contribution >= 0.6 is 0 Å². The number of carboxylic acids is 1. The minimum Gasteiger partial charge on any atom is -0.493 e. The molecule has 31 heavy (non-hydrogen) atoms. The molecular weight excluding hydrogens is 392 g/mol. The van der Waals surface area contributed by atoms with Gasteiger partial charge in [-0.05, 0) is 62.6 Å². The van der Waals surface area contributed by atoms with Crippen LogP contribution in [0.4, 0.5) is 0 Å². The van der Waals surface area contributed by atoms with E-state index in [1.165, 1.54) is 0 Å². The van der Waals surface area contributed by atoms with Crippen molar-refractivity contribution in [2.24, 2.45) is 0 Å². The number of hydrogen-bond acceptors (Lipinski definition) is 4. The normalized spacial score (nSPS) is 14.4. The van der Waals surface area contributed by atoms with Crippen molar-refractivity contribution < 1.29 is 19.4 Å². The van der Waals surface area contributed by atoms with Crippen LogP contribution in [0, 0.1) is 18.3 Å². The Morgan fingerprint density at radius 3 is 2.55 bits per heavy atom. The Bertz CT molecular complexity index is 1220. The van der Waals surface area contributed by atoms with E-state index in [1.807, 2.05) is 26.0 Å². The largest absolute Gasteiger partial charge is 0.493 e. The van der Waals surface area contributed by atoms with Crippen LogP contribution in [0.2, 0.25) is 0 Å². The van der Waals surface area contributed by atoms with E-state index in [1.54, 1.807) is 31.4 Å². The Morgan fingerprint density at radius 2 is 1.97 bits per heavy atom. The van der Waals surface area contributed by atoms with Crippen LogP contribution in [0.1, 0.15) is 47.1 Å². The highest BCUT2D eigenvalue weighted by atomic mass is 16.5. The molecule has 0 spiro atoms. The first kappa shape index (κ1) is 20.5. The van der Waals surface area contributed by atoms with Gasteiger partial charge in [-0.1, -0.05) is 12.1 Å².